The van der Waals surface area contributed by atoms with Gasteiger partial charge < -0.3 is 10.2 Å². The Balaban J connectivity index is 1.54. The molecule has 0 saturated carbocycles. The summed E-state index contributed by atoms with van der Waals surface area (Å²) < 4.78 is 0. The molecule has 0 atom stereocenters. The summed E-state index contributed by atoms with van der Waals surface area (Å²) in [5, 5.41) is 13.7. The van der Waals surface area contributed by atoms with Crippen molar-refractivity contribution in [2.45, 2.75) is 6.54 Å². The van der Waals surface area contributed by atoms with Gasteiger partial charge in [-0.15, -0.1) is 0 Å². The van der Waals surface area contributed by atoms with Crippen LogP contribution < -0.4 is 5.32 Å². The van der Waals surface area contributed by atoms with Crippen LogP contribution in [0.5, 0.6) is 0 Å². The Hall–Kier alpha value is -2.93. The molecule has 2 amide bonds. The van der Waals surface area contributed by atoms with Gasteiger partial charge in [-0.05, 0) is 11.6 Å². The average Bonchev–Trinajstić information content (AvgIpc) is 2.63. The summed E-state index contributed by atoms with van der Waals surface area (Å²) in [6, 6.07) is 16.1. The fraction of sp³-hybridized carbons (Fsp3) is 0.278. The van der Waals surface area contributed by atoms with Crippen molar-refractivity contribution in [2.75, 3.05) is 31.5 Å². The highest BCUT2D eigenvalue weighted by atomic mass is 16.6. The highest BCUT2D eigenvalue weighted by Gasteiger charge is 2.23. The number of carbonyl (C=O) groups excluding carboxylic acids is 1. The lowest BCUT2D eigenvalue weighted by Gasteiger charge is -2.34. The zero-order valence-corrected chi connectivity index (χ0v) is 13.8. The van der Waals surface area contributed by atoms with Crippen LogP contribution in [0, 0.1) is 10.1 Å². The predicted octanol–water partition coefficient (Wildman–Crippen LogP) is 2.94. The zero-order valence-electron chi connectivity index (χ0n) is 13.8. The maximum atomic E-state index is 12.4. The van der Waals surface area contributed by atoms with Crippen molar-refractivity contribution in [3.05, 3.63) is 70.3 Å². The third-order valence-electron chi connectivity index (χ3n) is 4.25. The number of nitrogens with zero attached hydrogens (tertiary/aromatic N) is 3. The fourth-order valence-electron chi connectivity index (χ4n) is 2.88. The van der Waals surface area contributed by atoms with E-state index in [4.69, 9.17) is 0 Å². The van der Waals surface area contributed by atoms with Crippen LogP contribution in [0.2, 0.25) is 0 Å². The number of para-hydroxylation sites is 2. The summed E-state index contributed by atoms with van der Waals surface area (Å²) in [4.78, 5) is 26.9. The number of nitro benzene ring substituents is 1. The van der Waals surface area contributed by atoms with Gasteiger partial charge in [0.15, 0.2) is 0 Å². The van der Waals surface area contributed by atoms with Gasteiger partial charge in [-0.2, -0.15) is 0 Å². The molecular formula is C18H20N4O3. The standard InChI is InChI=1S/C18H20N4O3/c23-18(19-16-8-4-5-9-17(16)22(24)25)21-12-10-20(11-13-21)14-15-6-2-1-3-7-15/h1-9H,10-14H2,(H,19,23). The number of urea groups is 1. The summed E-state index contributed by atoms with van der Waals surface area (Å²) in [5.41, 5.74) is 1.38. The first-order valence-corrected chi connectivity index (χ1v) is 8.19. The molecule has 1 heterocycles. The van der Waals surface area contributed by atoms with Gasteiger partial charge in [0.2, 0.25) is 0 Å². The van der Waals surface area contributed by atoms with Crippen LogP contribution in [0.25, 0.3) is 0 Å². The topological polar surface area (TPSA) is 78.7 Å². The Labute approximate surface area is 146 Å². The second kappa shape index (κ2) is 7.76. The normalized spacial score (nSPS) is 15.0. The van der Waals surface area contributed by atoms with Gasteiger partial charge in [0.05, 0.1) is 4.92 Å². The van der Waals surface area contributed by atoms with E-state index in [1.165, 1.54) is 11.6 Å². The number of benzene rings is 2. The lowest BCUT2D eigenvalue weighted by atomic mass is 10.2. The smallest absolute Gasteiger partial charge is 0.322 e. The van der Waals surface area contributed by atoms with Gasteiger partial charge in [0, 0.05) is 38.8 Å². The molecule has 0 spiro atoms. The fourth-order valence-corrected chi connectivity index (χ4v) is 2.88. The molecule has 130 valence electrons. The molecule has 7 nitrogen and oxygen atoms in total. The highest BCUT2D eigenvalue weighted by molar-refractivity contribution is 5.91. The van der Waals surface area contributed by atoms with Gasteiger partial charge in [-0.1, -0.05) is 42.5 Å². The van der Waals surface area contributed by atoms with E-state index in [-0.39, 0.29) is 17.4 Å². The van der Waals surface area contributed by atoms with Gasteiger partial charge in [0.25, 0.3) is 5.69 Å². The number of nitro groups is 1. The Bertz CT molecular complexity index is 743. The summed E-state index contributed by atoms with van der Waals surface area (Å²) in [6.45, 7) is 3.61. The van der Waals surface area contributed by atoms with E-state index in [0.717, 1.165) is 19.6 Å². The Morgan fingerprint density at radius 2 is 1.64 bits per heavy atom. The maximum absolute atomic E-state index is 12.4. The van der Waals surface area contributed by atoms with E-state index in [2.05, 4.69) is 22.3 Å². The van der Waals surface area contributed by atoms with Crippen LogP contribution in [0.3, 0.4) is 0 Å². The van der Waals surface area contributed by atoms with E-state index in [1.807, 2.05) is 18.2 Å². The first-order chi connectivity index (χ1) is 12.1. The molecule has 0 radical (unpaired) electrons. The minimum Gasteiger partial charge on any atom is -0.322 e. The van der Waals surface area contributed by atoms with Crippen LogP contribution in [0.1, 0.15) is 5.56 Å². The molecule has 2 aromatic carbocycles. The molecule has 1 saturated heterocycles. The van der Waals surface area contributed by atoms with E-state index in [9.17, 15) is 14.9 Å². The number of amides is 2. The quantitative estimate of drug-likeness (QED) is 0.685. The van der Waals surface area contributed by atoms with Gasteiger partial charge in [-0.25, -0.2) is 4.79 Å². The number of carbonyl (C=O) groups is 1. The molecule has 7 heteroatoms. The van der Waals surface area contributed by atoms with Gasteiger partial charge in [0.1, 0.15) is 5.69 Å². The molecule has 1 N–H and O–H groups in total. The van der Waals surface area contributed by atoms with E-state index < -0.39 is 4.92 Å². The monoisotopic (exact) mass is 340 g/mol. The zero-order chi connectivity index (χ0) is 17.6. The molecule has 0 aliphatic carbocycles. The second-order valence-electron chi connectivity index (χ2n) is 5.95. The summed E-state index contributed by atoms with van der Waals surface area (Å²) >= 11 is 0. The van der Waals surface area contributed by atoms with Crippen LogP contribution in [-0.2, 0) is 6.54 Å². The molecule has 1 fully saturated rings. The van der Waals surface area contributed by atoms with E-state index >= 15 is 0 Å². The van der Waals surface area contributed by atoms with E-state index in [0.29, 0.717) is 13.1 Å². The first kappa shape index (κ1) is 16.9. The Morgan fingerprint density at radius 1 is 1.00 bits per heavy atom. The van der Waals surface area contributed by atoms with Crippen molar-refractivity contribution in [3.63, 3.8) is 0 Å². The number of nitrogens with one attached hydrogen (secondary N) is 1. The predicted molar refractivity (Wildman–Crippen MR) is 95.4 cm³/mol. The summed E-state index contributed by atoms with van der Waals surface area (Å²) in [7, 11) is 0. The SMILES string of the molecule is O=C(Nc1ccccc1[N+](=O)[O-])N1CCN(Cc2ccccc2)CC1. The number of anilines is 1. The van der Waals surface area contributed by atoms with Crippen molar-refractivity contribution < 1.29 is 9.72 Å². The van der Waals surface area contributed by atoms with Gasteiger partial charge in [-0.3, -0.25) is 15.0 Å². The molecule has 25 heavy (non-hydrogen) atoms. The summed E-state index contributed by atoms with van der Waals surface area (Å²) in [6.07, 6.45) is 0. The number of hydrogen-bond donors (Lipinski definition) is 1. The molecule has 0 aromatic heterocycles. The van der Waals surface area contributed by atoms with Crippen molar-refractivity contribution in [2.24, 2.45) is 0 Å². The van der Waals surface area contributed by atoms with Crippen molar-refractivity contribution >= 4 is 17.4 Å². The molecule has 1 aliphatic rings. The molecule has 1 aliphatic heterocycles. The largest absolute Gasteiger partial charge is 0.322 e. The molecule has 0 bridgehead atoms. The number of hydrogen-bond acceptors (Lipinski definition) is 4. The molecular weight excluding hydrogens is 320 g/mol. The minimum absolute atomic E-state index is 0.0986. The lowest BCUT2D eigenvalue weighted by Crippen LogP contribution is -2.49. The Kier molecular flexibility index (Phi) is 5.25. The van der Waals surface area contributed by atoms with Gasteiger partial charge >= 0.3 is 6.03 Å². The second-order valence-corrected chi connectivity index (χ2v) is 5.95. The third-order valence-corrected chi connectivity index (χ3v) is 4.25. The van der Waals surface area contributed by atoms with Crippen molar-refractivity contribution in [1.82, 2.24) is 9.80 Å². The molecule has 3 rings (SSSR count). The number of rotatable bonds is 4. The maximum Gasteiger partial charge on any atom is 0.322 e. The highest BCUT2D eigenvalue weighted by Crippen LogP contribution is 2.23. The van der Waals surface area contributed by atoms with Crippen molar-refractivity contribution in [1.29, 1.82) is 0 Å². The molecule has 2 aromatic rings. The van der Waals surface area contributed by atoms with E-state index in [1.54, 1.807) is 23.1 Å². The molecule has 0 unspecified atom stereocenters. The van der Waals surface area contributed by atoms with Crippen LogP contribution in [0.15, 0.2) is 54.6 Å². The third kappa shape index (κ3) is 4.33. The van der Waals surface area contributed by atoms with Crippen LogP contribution in [-0.4, -0.2) is 46.9 Å². The Morgan fingerprint density at radius 3 is 2.32 bits per heavy atom. The number of piperazine rings is 1. The first-order valence-electron chi connectivity index (χ1n) is 8.19. The lowest BCUT2D eigenvalue weighted by molar-refractivity contribution is -0.383. The average molecular weight is 340 g/mol. The summed E-state index contributed by atoms with van der Waals surface area (Å²) in [5.74, 6) is 0. The van der Waals surface area contributed by atoms with Crippen molar-refractivity contribution in [3.8, 4) is 0 Å². The van der Waals surface area contributed by atoms with Crippen LogP contribution in [0.4, 0.5) is 16.2 Å². The van der Waals surface area contributed by atoms with Crippen LogP contribution >= 0.6 is 0 Å². The minimum atomic E-state index is -0.493.